The Morgan fingerprint density at radius 3 is 2.32 bits per heavy atom. The van der Waals surface area contributed by atoms with E-state index in [2.05, 4.69) is 0 Å². The van der Waals surface area contributed by atoms with Crippen molar-refractivity contribution in [3.63, 3.8) is 0 Å². The summed E-state index contributed by atoms with van der Waals surface area (Å²) in [5.74, 6) is -0.374. The summed E-state index contributed by atoms with van der Waals surface area (Å²) in [5.41, 5.74) is 0.147. The average Bonchev–Trinajstić information content (AvgIpc) is 3.15. The van der Waals surface area contributed by atoms with E-state index in [1.54, 1.807) is 0 Å². The zero-order chi connectivity index (χ0) is 22.4. The fourth-order valence-corrected chi connectivity index (χ4v) is 3.64. The molecular formula is C20H22O11. The van der Waals surface area contributed by atoms with Gasteiger partial charge in [-0.05, 0) is 18.2 Å². The van der Waals surface area contributed by atoms with Crippen LogP contribution in [0.5, 0.6) is 28.7 Å². The largest absolute Gasteiger partial charge is 0.507 e. The molecule has 0 spiro atoms. The second-order valence-corrected chi connectivity index (χ2v) is 7.04. The van der Waals surface area contributed by atoms with E-state index in [1.165, 1.54) is 32.4 Å². The number of methoxy groups -OCH3 is 2. The van der Waals surface area contributed by atoms with Crippen LogP contribution in [0.25, 0.3) is 21.9 Å². The Morgan fingerprint density at radius 1 is 0.935 bits per heavy atom. The van der Waals surface area contributed by atoms with Crippen molar-refractivity contribution in [3.8, 4) is 28.7 Å². The third kappa shape index (κ3) is 3.27. The number of phenolic OH excluding ortho intramolecular Hbond substituents is 2. The number of aliphatic hydroxyl groups is 4. The molecule has 1 fully saturated rings. The molecule has 4 rings (SSSR count). The molecule has 3 aromatic rings. The molecule has 1 aliphatic heterocycles. The number of benzene rings is 2. The van der Waals surface area contributed by atoms with E-state index in [0.29, 0.717) is 5.39 Å². The number of rotatable bonds is 5. The van der Waals surface area contributed by atoms with Gasteiger partial charge in [0, 0.05) is 5.39 Å². The van der Waals surface area contributed by atoms with Crippen LogP contribution in [0.4, 0.5) is 0 Å². The molecule has 2 heterocycles. The van der Waals surface area contributed by atoms with Crippen LogP contribution in [0, 0.1) is 0 Å². The van der Waals surface area contributed by atoms with E-state index < -0.39 is 37.3 Å². The molecule has 11 heteroatoms. The van der Waals surface area contributed by atoms with Gasteiger partial charge < -0.3 is 54.0 Å². The molecule has 168 valence electrons. The van der Waals surface area contributed by atoms with Gasteiger partial charge in [0.25, 0.3) is 0 Å². The number of ether oxygens (including phenoxy) is 4. The normalized spacial score (nSPS) is 26.3. The summed E-state index contributed by atoms with van der Waals surface area (Å²) in [7, 11) is 2.68. The molecule has 6 N–H and O–H groups in total. The quantitative estimate of drug-likeness (QED) is 0.321. The van der Waals surface area contributed by atoms with E-state index in [-0.39, 0.29) is 45.3 Å². The molecular weight excluding hydrogens is 416 g/mol. The van der Waals surface area contributed by atoms with Crippen LogP contribution in [-0.4, -0.2) is 82.2 Å². The van der Waals surface area contributed by atoms with Crippen molar-refractivity contribution < 1.29 is 54.0 Å². The predicted octanol–water partition coefficient (Wildman–Crippen LogP) is 0.193. The third-order valence-electron chi connectivity index (χ3n) is 5.26. The lowest BCUT2D eigenvalue weighted by Gasteiger charge is -2.39. The molecule has 0 amide bonds. The lowest BCUT2D eigenvalue weighted by Crippen LogP contribution is -2.60. The van der Waals surface area contributed by atoms with Crippen molar-refractivity contribution in [2.75, 3.05) is 20.8 Å². The highest BCUT2D eigenvalue weighted by molar-refractivity contribution is 6.12. The minimum atomic E-state index is -1.63. The average molecular weight is 438 g/mol. The number of furan rings is 1. The van der Waals surface area contributed by atoms with Gasteiger partial charge in [-0.1, -0.05) is 0 Å². The predicted molar refractivity (Wildman–Crippen MR) is 105 cm³/mol. The fourth-order valence-electron chi connectivity index (χ4n) is 3.64. The first-order valence-corrected chi connectivity index (χ1v) is 9.31. The molecule has 5 unspecified atom stereocenters. The van der Waals surface area contributed by atoms with Gasteiger partial charge in [-0.2, -0.15) is 0 Å². The van der Waals surface area contributed by atoms with Crippen molar-refractivity contribution in [3.05, 3.63) is 18.2 Å². The Morgan fingerprint density at radius 2 is 1.68 bits per heavy atom. The van der Waals surface area contributed by atoms with Gasteiger partial charge in [0.15, 0.2) is 22.7 Å². The van der Waals surface area contributed by atoms with Gasteiger partial charge in [-0.25, -0.2) is 0 Å². The summed E-state index contributed by atoms with van der Waals surface area (Å²) in [5, 5.41) is 60.9. The highest BCUT2D eigenvalue weighted by atomic mass is 16.7. The zero-order valence-electron chi connectivity index (χ0n) is 16.6. The summed E-state index contributed by atoms with van der Waals surface area (Å²) in [4.78, 5) is 0. The Kier molecular flexibility index (Phi) is 5.45. The molecule has 0 aliphatic carbocycles. The monoisotopic (exact) mass is 438 g/mol. The van der Waals surface area contributed by atoms with Gasteiger partial charge in [0.05, 0.1) is 26.2 Å². The van der Waals surface area contributed by atoms with Crippen molar-refractivity contribution in [2.45, 2.75) is 30.7 Å². The minimum Gasteiger partial charge on any atom is -0.507 e. The van der Waals surface area contributed by atoms with Crippen molar-refractivity contribution in [1.29, 1.82) is 0 Å². The number of aromatic hydroxyl groups is 2. The maximum Gasteiger partial charge on any atom is 0.229 e. The molecule has 1 saturated heterocycles. The van der Waals surface area contributed by atoms with Crippen LogP contribution >= 0.6 is 0 Å². The maximum atomic E-state index is 10.4. The fraction of sp³-hybridized carbons (Fsp3) is 0.400. The molecule has 1 aromatic heterocycles. The van der Waals surface area contributed by atoms with Gasteiger partial charge in [0.2, 0.25) is 17.8 Å². The van der Waals surface area contributed by atoms with Gasteiger partial charge in [-0.15, -0.1) is 0 Å². The van der Waals surface area contributed by atoms with Crippen molar-refractivity contribution >= 4 is 21.9 Å². The number of hydrogen-bond acceptors (Lipinski definition) is 11. The zero-order valence-corrected chi connectivity index (χ0v) is 16.6. The van der Waals surface area contributed by atoms with Crippen molar-refractivity contribution in [1.82, 2.24) is 0 Å². The highest BCUT2D eigenvalue weighted by Gasteiger charge is 2.45. The lowest BCUT2D eigenvalue weighted by molar-refractivity contribution is -0.277. The van der Waals surface area contributed by atoms with Crippen LogP contribution in [0.1, 0.15) is 0 Å². The maximum absolute atomic E-state index is 10.4. The second-order valence-electron chi connectivity index (χ2n) is 7.04. The highest BCUT2D eigenvalue weighted by Crippen LogP contribution is 2.49. The second kappa shape index (κ2) is 7.94. The van der Waals surface area contributed by atoms with E-state index in [1.807, 2.05) is 0 Å². The van der Waals surface area contributed by atoms with E-state index >= 15 is 0 Å². The van der Waals surface area contributed by atoms with Crippen LogP contribution in [0.3, 0.4) is 0 Å². The first-order valence-electron chi connectivity index (χ1n) is 9.31. The van der Waals surface area contributed by atoms with Crippen molar-refractivity contribution in [2.24, 2.45) is 0 Å². The Hall–Kier alpha value is -2.96. The van der Waals surface area contributed by atoms with Crippen LogP contribution < -0.4 is 14.2 Å². The number of hydrogen-bond donors (Lipinski definition) is 6. The lowest BCUT2D eigenvalue weighted by atomic mass is 9.99. The topological polar surface area (TPSA) is 171 Å². The molecule has 31 heavy (non-hydrogen) atoms. The molecule has 1 aliphatic rings. The van der Waals surface area contributed by atoms with E-state index in [9.17, 15) is 30.6 Å². The SMILES string of the molecule is COc1cc2c(oc3c(OC4OC(CO)C(O)C(O)C4O)ccc(O)c32)c(OC)c1O. The summed E-state index contributed by atoms with van der Waals surface area (Å²) in [6.45, 7) is -0.614. The molecule has 0 radical (unpaired) electrons. The molecule has 5 atom stereocenters. The number of fused-ring (bicyclic) bond motifs is 3. The third-order valence-corrected chi connectivity index (χ3v) is 5.26. The first-order chi connectivity index (χ1) is 14.8. The Labute approximate surface area is 175 Å². The summed E-state index contributed by atoms with van der Waals surface area (Å²) >= 11 is 0. The van der Waals surface area contributed by atoms with Gasteiger partial charge >= 0.3 is 0 Å². The summed E-state index contributed by atoms with van der Waals surface area (Å²) in [6.07, 6.45) is -7.41. The Balaban J connectivity index is 1.84. The van der Waals surface area contributed by atoms with Crippen LogP contribution in [0.15, 0.2) is 22.6 Å². The number of aliphatic hydroxyl groups excluding tert-OH is 4. The summed E-state index contributed by atoms with van der Waals surface area (Å²) in [6, 6.07) is 4.13. The molecule has 11 nitrogen and oxygen atoms in total. The van der Waals surface area contributed by atoms with Gasteiger partial charge in [-0.3, -0.25) is 0 Å². The van der Waals surface area contributed by atoms with E-state index in [0.717, 1.165) is 0 Å². The van der Waals surface area contributed by atoms with Gasteiger partial charge in [0.1, 0.15) is 30.2 Å². The smallest absolute Gasteiger partial charge is 0.229 e. The molecule has 2 aromatic carbocycles. The van der Waals surface area contributed by atoms with Crippen LogP contribution in [-0.2, 0) is 4.74 Å². The van der Waals surface area contributed by atoms with E-state index in [4.69, 9.17) is 23.4 Å². The van der Waals surface area contributed by atoms with Crippen LogP contribution in [0.2, 0.25) is 0 Å². The molecule has 0 saturated carbocycles. The summed E-state index contributed by atoms with van der Waals surface area (Å²) < 4.78 is 27.3. The number of phenols is 2. The first kappa shape index (κ1) is 21.3. The molecule has 0 bridgehead atoms. The Bertz CT molecular complexity index is 1110. The minimum absolute atomic E-state index is 0.0221. The standard InChI is InChI=1S/C20H22O11/c1-27-10-5-7-12-8(22)3-4-9(18(12)31-17(7)19(28-2)14(10)24)29-20-16(26)15(25)13(23)11(6-21)30-20/h3-5,11,13,15-16,20-26H,6H2,1-2H3.